The fourth-order valence-corrected chi connectivity index (χ4v) is 2.68. The van der Waals surface area contributed by atoms with E-state index in [0.717, 1.165) is 29.9 Å². The van der Waals surface area contributed by atoms with Crippen LogP contribution in [0.4, 0.5) is 0 Å². The number of hydrogen-bond donors (Lipinski definition) is 1. The van der Waals surface area contributed by atoms with E-state index in [4.69, 9.17) is 27.6 Å². The molecule has 1 heterocycles. The first-order valence-corrected chi connectivity index (χ1v) is 7.08. The average Bonchev–Trinajstić information content (AvgIpc) is 2.79. The third-order valence-corrected chi connectivity index (χ3v) is 3.78. The lowest BCUT2D eigenvalue weighted by atomic mass is 10.0. The minimum absolute atomic E-state index is 0.153. The summed E-state index contributed by atoms with van der Waals surface area (Å²) < 4.78 is 5.38. The molecular formula is C15H17Cl2NO. The first kappa shape index (κ1) is 14.4. The van der Waals surface area contributed by atoms with Gasteiger partial charge in [0.1, 0.15) is 5.76 Å². The van der Waals surface area contributed by atoms with Gasteiger partial charge in [-0.15, -0.1) is 0 Å². The molecule has 0 aliphatic carbocycles. The zero-order valence-corrected chi connectivity index (χ0v) is 12.6. The fraction of sp³-hybridized carbons (Fsp3) is 0.333. The number of halogens is 2. The Balaban J connectivity index is 2.26. The van der Waals surface area contributed by atoms with Crippen molar-refractivity contribution in [3.63, 3.8) is 0 Å². The molecule has 1 aromatic carbocycles. The summed E-state index contributed by atoms with van der Waals surface area (Å²) in [6, 6.07) is 7.79. The molecule has 2 nitrogen and oxygen atoms in total. The van der Waals surface area contributed by atoms with Crippen molar-refractivity contribution in [1.82, 2.24) is 5.32 Å². The van der Waals surface area contributed by atoms with Crippen molar-refractivity contribution in [2.75, 3.05) is 6.54 Å². The molecule has 0 aliphatic heterocycles. The first-order valence-electron chi connectivity index (χ1n) is 6.33. The minimum atomic E-state index is 0.153. The van der Waals surface area contributed by atoms with Gasteiger partial charge in [-0.2, -0.15) is 0 Å². The molecule has 0 saturated carbocycles. The topological polar surface area (TPSA) is 25.2 Å². The van der Waals surface area contributed by atoms with Crippen molar-refractivity contribution in [2.24, 2.45) is 0 Å². The molecule has 0 saturated heterocycles. The van der Waals surface area contributed by atoms with Gasteiger partial charge < -0.3 is 9.73 Å². The first-order chi connectivity index (χ1) is 9.11. The molecule has 2 rings (SSSR count). The molecular weight excluding hydrogens is 281 g/mol. The molecule has 0 radical (unpaired) electrons. The number of benzene rings is 1. The molecule has 1 unspecified atom stereocenters. The van der Waals surface area contributed by atoms with Crippen molar-refractivity contribution in [2.45, 2.75) is 26.3 Å². The number of likely N-dealkylation sites (N-methyl/N-ethyl adjacent to an activating group) is 1. The zero-order valence-electron chi connectivity index (χ0n) is 11.0. The van der Waals surface area contributed by atoms with E-state index in [2.05, 4.69) is 12.2 Å². The van der Waals surface area contributed by atoms with E-state index in [1.165, 1.54) is 0 Å². The van der Waals surface area contributed by atoms with Gasteiger partial charge in [0.25, 0.3) is 0 Å². The van der Waals surface area contributed by atoms with Gasteiger partial charge in [0, 0.05) is 21.7 Å². The molecule has 0 spiro atoms. The quantitative estimate of drug-likeness (QED) is 0.858. The van der Waals surface area contributed by atoms with Crippen LogP contribution in [0.3, 0.4) is 0 Å². The second kappa shape index (κ2) is 6.47. The highest BCUT2D eigenvalue weighted by molar-refractivity contribution is 6.36. The minimum Gasteiger partial charge on any atom is -0.469 e. The standard InChI is InChI=1S/C15H17Cl2NO/c1-3-18-15(11-7-10(2)19-9-11)8-12-13(16)5-4-6-14(12)17/h4-7,9,15,18H,3,8H2,1-2H3. The molecule has 1 atom stereocenters. The largest absolute Gasteiger partial charge is 0.469 e. The summed E-state index contributed by atoms with van der Waals surface area (Å²) in [7, 11) is 0. The SMILES string of the molecule is CCNC(Cc1c(Cl)cccc1Cl)c1coc(C)c1. The third-order valence-electron chi connectivity index (χ3n) is 3.07. The van der Waals surface area contributed by atoms with Gasteiger partial charge >= 0.3 is 0 Å². The van der Waals surface area contributed by atoms with Crippen LogP contribution in [-0.4, -0.2) is 6.54 Å². The molecule has 1 N–H and O–H groups in total. The summed E-state index contributed by atoms with van der Waals surface area (Å²) >= 11 is 12.5. The Hall–Kier alpha value is -0.960. The van der Waals surface area contributed by atoms with Crippen LogP contribution in [0.15, 0.2) is 34.9 Å². The van der Waals surface area contributed by atoms with E-state index in [0.29, 0.717) is 10.0 Å². The lowest BCUT2D eigenvalue weighted by molar-refractivity contribution is 0.511. The highest BCUT2D eigenvalue weighted by Crippen LogP contribution is 2.29. The maximum Gasteiger partial charge on any atom is 0.101 e. The average molecular weight is 298 g/mol. The van der Waals surface area contributed by atoms with Crippen LogP contribution >= 0.6 is 23.2 Å². The second-order valence-electron chi connectivity index (χ2n) is 4.51. The van der Waals surface area contributed by atoms with Crippen LogP contribution < -0.4 is 5.32 Å². The second-order valence-corrected chi connectivity index (χ2v) is 5.32. The van der Waals surface area contributed by atoms with E-state index in [1.807, 2.05) is 31.2 Å². The van der Waals surface area contributed by atoms with E-state index in [1.54, 1.807) is 6.26 Å². The molecule has 0 bridgehead atoms. The van der Waals surface area contributed by atoms with Gasteiger partial charge in [-0.25, -0.2) is 0 Å². The summed E-state index contributed by atoms with van der Waals surface area (Å²) in [5.74, 6) is 0.906. The molecule has 1 aromatic heterocycles. The summed E-state index contributed by atoms with van der Waals surface area (Å²) in [5, 5.41) is 4.85. The Kier molecular flexibility index (Phi) is 4.92. The highest BCUT2D eigenvalue weighted by atomic mass is 35.5. The number of hydrogen-bond acceptors (Lipinski definition) is 2. The monoisotopic (exact) mass is 297 g/mol. The van der Waals surface area contributed by atoms with Gasteiger partial charge in [0.05, 0.1) is 6.26 Å². The predicted molar refractivity (Wildman–Crippen MR) is 80.0 cm³/mol. The Labute approximate surface area is 123 Å². The number of furan rings is 1. The van der Waals surface area contributed by atoms with Crippen LogP contribution in [0.1, 0.15) is 29.9 Å². The lowest BCUT2D eigenvalue weighted by Crippen LogP contribution is -2.22. The van der Waals surface area contributed by atoms with E-state index in [-0.39, 0.29) is 6.04 Å². The number of rotatable bonds is 5. The maximum atomic E-state index is 6.23. The smallest absolute Gasteiger partial charge is 0.101 e. The summed E-state index contributed by atoms with van der Waals surface area (Å²) in [6.07, 6.45) is 2.53. The van der Waals surface area contributed by atoms with Crippen molar-refractivity contribution < 1.29 is 4.42 Å². The molecule has 0 fully saturated rings. The zero-order chi connectivity index (χ0) is 13.8. The lowest BCUT2D eigenvalue weighted by Gasteiger charge is -2.18. The third kappa shape index (κ3) is 3.53. The molecule has 0 aliphatic rings. The Morgan fingerprint density at radius 1 is 1.26 bits per heavy atom. The Bertz CT molecular complexity index is 531. The van der Waals surface area contributed by atoms with Gasteiger partial charge in [-0.1, -0.05) is 36.2 Å². The van der Waals surface area contributed by atoms with Gasteiger partial charge in [0.2, 0.25) is 0 Å². The van der Waals surface area contributed by atoms with Crippen molar-refractivity contribution in [3.05, 3.63) is 57.5 Å². The van der Waals surface area contributed by atoms with Crippen LogP contribution in [-0.2, 0) is 6.42 Å². The van der Waals surface area contributed by atoms with Crippen LogP contribution in [0.25, 0.3) is 0 Å². The molecule has 0 amide bonds. The summed E-state index contributed by atoms with van der Waals surface area (Å²) in [4.78, 5) is 0. The van der Waals surface area contributed by atoms with Crippen molar-refractivity contribution >= 4 is 23.2 Å². The normalized spacial score (nSPS) is 12.6. The number of nitrogens with one attached hydrogen (secondary N) is 1. The van der Waals surface area contributed by atoms with Crippen LogP contribution in [0.5, 0.6) is 0 Å². The van der Waals surface area contributed by atoms with Crippen molar-refractivity contribution in [3.8, 4) is 0 Å². The highest BCUT2D eigenvalue weighted by Gasteiger charge is 2.16. The molecule has 4 heteroatoms. The van der Waals surface area contributed by atoms with E-state index >= 15 is 0 Å². The van der Waals surface area contributed by atoms with Crippen LogP contribution in [0.2, 0.25) is 10.0 Å². The fourth-order valence-electron chi connectivity index (χ4n) is 2.13. The maximum absolute atomic E-state index is 6.23. The summed E-state index contributed by atoms with van der Waals surface area (Å²) in [5.41, 5.74) is 2.09. The van der Waals surface area contributed by atoms with Gasteiger partial charge in [0.15, 0.2) is 0 Å². The van der Waals surface area contributed by atoms with E-state index in [9.17, 15) is 0 Å². The summed E-state index contributed by atoms with van der Waals surface area (Å²) in [6.45, 7) is 4.89. The van der Waals surface area contributed by atoms with Gasteiger partial charge in [-0.05, 0) is 43.7 Å². The van der Waals surface area contributed by atoms with Crippen LogP contribution in [0, 0.1) is 6.92 Å². The van der Waals surface area contributed by atoms with E-state index < -0.39 is 0 Å². The molecule has 102 valence electrons. The van der Waals surface area contributed by atoms with Gasteiger partial charge in [-0.3, -0.25) is 0 Å². The molecule has 2 aromatic rings. The Morgan fingerprint density at radius 3 is 2.47 bits per heavy atom. The molecule has 19 heavy (non-hydrogen) atoms. The van der Waals surface area contributed by atoms with Crippen molar-refractivity contribution in [1.29, 1.82) is 0 Å². The predicted octanol–water partition coefficient (Wildman–Crippen LogP) is 4.79. The Morgan fingerprint density at radius 2 is 1.95 bits per heavy atom. The number of aryl methyl sites for hydroxylation is 1.